The number of anilines is 1. The molecule has 2 heterocycles. The van der Waals surface area contributed by atoms with Gasteiger partial charge in [0.1, 0.15) is 0 Å². The molecule has 1 amide bonds. The molecule has 0 unspecified atom stereocenters. The molecule has 1 aliphatic heterocycles. The van der Waals surface area contributed by atoms with Crippen molar-refractivity contribution in [1.29, 1.82) is 0 Å². The van der Waals surface area contributed by atoms with Crippen LogP contribution in [0.2, 0.25) is 0 Å². The van der Waals surface area contributed by atoms with Gasteiger partial charge in [-0.25, -0.2) is 0 Å². The maximum Gasteiger partial charge on any atom is 0.255 e. The number of rotatable bonds is 4. The smallest absolute Gasteiger partial charge is 0.255 e. The van der Waals surface area contributed by atoms with Crippen molar-refractivity contribution in [2.24, 2.45) is 0 Å². The second-order valence-electron chi connectivity index (χ2n) is 6.27. The predicted octanol–water partition coefficient (Wildman–Crippen LogP) is 4.11. The Bertz CT molecular complexity index is 696. The van der Waals surface area contributed by atoms with Crippen LogP contribution in [0.3, 0.4) is 0 Å². The van der Waals surface area contributed by atoms with E-state index < -0.39 is 0 Å². The minimum atomic E-state index is -0.0242. The van der Waals surface area contributed by atoms with Crippen LogP contribution < -0.4 is 4.90 Å². The predicted molar refractivity (Wildman–Crippen MR) is 100 cm³/mol. The summed E-state index contributed by atoms with van der Waals surface area (Å²) in [5, 5.41) is 0. The van der Waals surface area contributed by atoms with Crippen LogP contribution in [0, 0.1) is 0 Å². The standard InChI is InChI=1S/C19H22BrN3O/c1-22(19(24)16-11-17(20)13-21-12-16)14-15-5-7-18(8-6-15)23-9-3-2-4-10-23/h5-8,11-13H,2-4,9-10,14H2,1H3. The van der Waals surface area contributed by atoms with Gasteiger partial charge < -0.3 is 9.80 Å². The van der Waals surface area contributed by atoms with Crippen LogP contribution in [0.5, 0.6) is 0 Å². The topological polar surface area (TPSA) is 36.4 Å². The average Bonchev–Trinajstić information content (AvgIpc) is 2.62. The number of carbonyl (C=O) groups excluding carboxylic acids is 1. The largest absolute Gasteiger partial charge is 0.372 e. The first-order chi connectivity index (χ1) is 11.6. The van der Waals surface area contributed by atoms with E-state index in [4.69, 9.17) is 0 Å². The maximum atomic E-state index is 12.5. The van der Waals surface area contributed by atoms with Gasteiger partial charge in [-0.3, -0.25) is 9.78 Å². The van der Waals surface area contributed by atoms with Gasteiger partial charge in [-0.2, -0.15) is 0 Å². The molecule has 1 aliphatic rings. The second kappa shape index (κ2) is 7.79. The van der Waals surface area contributed by atoms with Crippen molar-refractivity contribution in [1.82, 2.24) is 9.88 Å². The molecule has 0 N–H and O–H groups in total. The normalized spacial score (nSPS) is 14.5. The molecule has 0 atom stereocenters. The highest BCUT2D eigenvalue weighted by Crippen LogP contribution is 2.21. The van der Waals surface area contributed by atoms with Crippen molar-refractivity contribution in [3.8, 4) is 0 Å². The lowest BCUT2D eigenvalue weighted by atomic mass is 10.1. The number of aromatic nitrogens is 1. The molecule has 24 heavy (non-hydrogen) atoms. The Kier molecular flexibility index (Phi) is 5.51. The minimum Gasteiger partial charge on any atom is -0.372 e. The molecule has 0 spiro atoms. The fourth-order valence-electron chi connectivity index (χ4n) is 3.06. The Morgan fingerprint density at radius 2 is 1.88 bits per heavy atom. The number of carbonyl (C=O) groups is 1. The summed E-state index contributed by atoms with van der Waals surface area (Å²) in [5.74, 6) is -0.0242. The Labute approximate surface area is 151 Å². The van der Waals surface area contributed by atoms with Gasteiger partial charge in [-0.1, -0.05) is 12.1 Å². The molecule has 4 nitrogen and oxygen atoms in total. The Balaban J connectivity index is 1.63. The highest BCUT2D eigenvalue weighted by Gasteiger charge is 2.14. The summed E-state index contributed by atoms with van der Waals surface area (Å²) in [6.07, 6.45) is 7.17. The van der Waals surface area contributed by atoms with E-state index in [1.165, 1.54) is 24.9 Å². The summed E-state index contributed by atoms with van der Waals surface area (Å²) >= 11 is 3.35. The third-order valence-corrected chi connectivity index (χ3v) is 4.81. The van der Waals surface area contributed by atoms with Crippen LogP contribution in [0.4, 0.5) is 5.69 Å². The molecular formula is C19H22BrN3O. The van der Waals surface area contributed by atoms with E-state index in [1.807, 2.05) is 7.05 Å². The number of amides is 1. The van der Waals surface area contributed by atoms with Gasteiger partial charge in [0.25, 0.3) is 5.91 Å². The molecule has 3 rings (SSSR count). The highest BCUT2D eigenvalue weighted by atomic mass is 79.9. The van der Waals surface area contributed by atoms with Gasteiger partial charge in [0.05, 0.1) is 5.56 Å². The van der Waals surface area contributed by atoms with E-state index in [9.17, 15) is 4.79 Å². The number of hydrogen-bond acceptors (Lipinski definition) is 3. The fraction of sp³-hybridized carbons (Fsp3) is 0.368. The first-order valence-electron chi connectivity index (χ1n) is 8.33. The van der Waals surface area contributed by atoms with E-state index in [0.717, 1.165) is 23.1 Å². The van der Waals surface area contributed by atoms with Crippen LogP contribution in [-0.4, -0.2) is 35.9 Å². The zero-order valence-electron chi connectivity index (χ0n) is 13.9. The molecule has 0 aliphatic carbocycles. The van der Waals surface area contributed by atoms with Crippen molar-refractivity contribution >= 4 is 27.5 Å². The van der Waals surface area contributed by atoms with Gasteiger partial charge in [-0.15, -0.1) is 0 Å². The van der Waals surface area contributed by atoms with Crippen molar-refractivity contribution in [3.05, 3.63) is 58.3 Å². The van der Waals surface area contributed by atoms with Crippen molar-refractivity contribution in [2.75, 3.05) is 25.0 Å². The van der Waals surface area contributed by atoms with Crippen LogP contribution in [0.25, 0.3) is 0 Å². The van der Waals surface area contributed by atoms with Crippen LogP contribution in [-0.2, 0) is 6.54 Å². The number of piperidine rings is 1. The molecular weight excluding hydrogens is 366 g/mol. The van der Waals surface area contributed by atoms with Crippen LogP contribution >= 0.6 is 15.9 Å². The number of hydrogen-bond donors (Lipinski definition) is 0. The van der Waals surface area contributed by atoms with Gasteiger partial charge >= 0.3 is 0 Å². The zero-order valence-corrected chi connectivity index (χ0v) is 15.5. The molecule has 2 aromatic rings. The molecule has 5 heteroatoms. The summed E-state index contributed by atoms with van der Waals surface area (Å²) in [4.78, 5) is 20.7. The molecule has 126 valence electrons. The van der Waals surface area contributed by atoms with Crippen LogP contribution in [0.15, 0.2) is 47.2 Å². The molecule has 0 radical (unpaired) electrons. The first kappa shape index (κ1) is 17.0. The van der Waals surface area contributed by atoms with Gasteiger partial charge in [0.2, 0.25) is 0 Å². The third kappa shape index (κ3) is 4.15. The summed E-state index contributed by atoms with van der Waals surface area (Å²) in [7, 11) is 1.82. The Hall–Kier alpha value is -1.88. The van der Waals surface area contributed by atoms with Gasteiger partial charge in [-0.05, 0) is 59.0 Å². The Morgan fingerprint density at radius 3 is 2.54 bits per heavy atom. The van der Waals surface area contributed by atoms with E-state index in [1.54, 1.807) is 23.4 Å². The lowest BCUT2D eigenvalue weighted by Crippen LogP contribution is -2.29. The number of halogens is 1. The van der Waals surface area contributed by atoms with Crippen molar-refractivity contribution in [3.63, 3.8) is 0 Å². The fourth-order valence-corrected chi connectivity index (χ4v) is 3.42. The molecule has 1 saturated heterocycles. The van der Waals surface area contributed by atoms with Crippen molar-refractivity contribution < 1.29 is 4.79 Å². The monoisotopic (exact) mass is 387 g/mol. The summed E-state index contributed by atoms with van der Waals surface area (Å²) in [5.41, 5.74) is 3.01. The SMILES string of the molecule is CN(Cc1ccc(N2CCCCC2)cc1)C(=O)c1cncc(Br)c1. The number of benzene rings is 1. The van der Waals surface area contributed by atoms with Crippen LogP contribution in [0.1, 0.15) is 35.2 Å². The first-order valence-corrected chi connectivity index (χ1v) is 9.13. The zero-order chi connectivity index (χ0) is 16.9. The average molecular weight is 388 g/mol. The number of nitrogens with zero attached hydrogens (tertiary/aromatic N) is 3. The molecule has 0 saturated carbocycles. The van der Waals surface area contributed by atoms with E-state index in [0.29, 0.717) is 12.1 Å². The molecule has 0 bridgehead atoms. The highest BCUT2D eigenvalue weighted by molar-refractivity contribution is 9.10. The summed E-state index contributed by atoms with van der Waals surface area (Å²) < 4.78 is 0.813. The molecule has 1 aromatic carbocycles. The summed E-state index contributed by atoms with van der Waals surface area (Å²) in [6, 6.07) is 10.4. The van der Waals surface area contributed by atoms with Crippen molar-refractivity contribution in [2.45, 2.75) is 25.8 Å². The van der Waals surface area contributed by atoms with E-state index in [2.05, 4.69) is 50.1 Å². The Morgan fingerprint density at radius 1 is 1.17 bits per heavy atom. The van der Waals surface area contributed by atoms with Gasteiger partial charge in [0, 0.05) is 49.2 Å². The number of pyridine rings is 1. The molecule has 1 aromatic heterocycles. The van der Waals surface area contributed by atoms with Gasteiger partial charge in [0.15, 0.2) is 0 Å². The molecule has 1 fully saturated rings. The van der Waals surface area contributed by atoms with E-state index >= 15 is 0 Å². The maximum absolute atomic E-state index is 12.5. The van der Waals surface area contributed by atoms with E-state index in [-0.39, 0.29) is 5.91 Å². The lowest BCUT2D eigenvalue weighted by molar-refractivity contribution is 0.0784. The second-order valence-corrected chi connectivity index (χ2v) is 7.18. The minimum absolute atomic E-state index is 0.0242. The summed E-state index contributed by atoms with van der Waals surface area (Å²) in [6.45, 7) is 2.88. The third-order valence-electron chi connectivity index (χ3n) is 4.38. The lowest BCUT2D eigenvalue weighted by Gasteiger charge is -2.29. The quantitative estimate of drug-likeness (QED) is 0.791.